The maximum absolute atomic E-state index is 11.1. The molecule has 0 saturated heterocycles. The van der Waals surface area contributed by atoms with Crippen molar-refractivity contribution < 1.29 is 15.0 Å². The molecule has 1 aromatic carbocycles. The summed E-state index contributed by atoms with van der Waals surface area (Å²) in [5, 5.41) is 18.9. The number of phenols is 1. The number of allylic oxidation sites excluding steroid dienone is 3. The second-order valence-corrected chi connectivity index (χ2v) is 2.95. The van der Waals surface area contributed by atoms with E-state index in [0.29, 0.717) is 0 Å². The predicted molar refractivity (Wildman–Crippen MR) is 58.5 cm³/mol. The van der Waals surface area contributed by atoms with Gasteiger partial charge in [-0.3, -0.25) is 4.79 Å². The Balaban J connectivity index is 2.99. The zero-order chi connectivity index (χ0) is 11.3. The highest BCUT2D eigenvalue weighted by Gasteiger charge is 2.05. The number of rotatable bonds is 3. The first-order valence-corrected chi connectivity index (χ1v) is 4.51. The van der Waals surface area contributed by atoms with Crippen molar-refractivity contribution in [2.24, 2.45) is 0 Å². The monoisotopic (exact) mass is 204 g/mol. The van der Waals surface area contributed by atoms with Gasteiger partial charge in [-0.05, 0) is 25.1 Å². The highest BCUT2D eigenvalue weighted by molar-refractivity contribution is 6.03. The molecule has 0 bridgehead atoms. The number of aromatic hydroxyl groups is 1. The Bertz CT molecular complexity index is 417. The summed E-state index contributed by atoms with van der Waals surface area (Å²) in [6, 6.07) is 6.28. The van der Waals surface area contributed by atoms with Gasteiger partial charge in [-0.25, -0.2) is 0 Å². The third kappa shape index (κ3) is 2.98. The molecule has 0 aliphatic rings. The van der Waals surface area contributed by atoms with E-state index in [0.717, 1.165) is 6.08 Å². The predicted octanol–water partition coefficient (Wildman–Crippen LogP) is 2.44. The Morgan fingerprint density at radius 3 is 2.60 bits per heavy atom. The highest BCUT2D eigenvalue weighted by Crippen LogP contribution is 2.22. The maximum atomic E-state index is 11.1. The van der Waals surface area contributed by atoms with Gasteiger partial charge in [0.2, 0.25) is 0 Å². The molecule has 0 spiro atoms. The molecule has 78 valence electrons. The Labute approximate surface area is 88.0 Å². The summed E-state index contributed by atoms with van der Waals surface area (Å²) in [5.41, 5.74) is 0.246. The van der Waals surface area contributed by atoms with E-state index in [1.165, 1.54) is 18.2 Å². The van der Waals surface area contributed by atoms with Crippen LogP contribution < -0.4 is 0 Å². The summed E-state index contributed by atoms with van der Waals surface area (Å²) in [6.07, 6.45) is 3.97. The Morgan fingerprint density at radius 2 is 2.00 bits per heavy atom. The van der Waals surface area contributed by atoms with Crippen LogP contribution in [0.4, 0.5) is 0 Å². The standard InChI is InChI=1S/C12H12O3/c1-2-5-9(13)8-12(15)10-6-3-4-7-11(10)14/h2-8,14-15H,1H3/b5-2?,12-8-. The minimum atomic E-state index is -0.321. The van der Waals surface area contributed by atoms with Crippen LogP contribution in [-0.2, 0) is 4.79 Å². The second-order valence-electron chi connectivity index (χ2n) is 2.95. The van der Waals surface area contributed by atoms with Crippen molar-refractivity contribution in [2.75, 3.05) is 0 Å². The van der Waals surface area contributed by atoms with Crippen molar-refractivity contribution in [3.8, 4) is 5.75 Å². The molecule has 0 aliphatic carbocycles. The minimum Gasteiger partial charge on any atom is -0.507 e. The van der Waals surface area contributed by atoms with E-state index < -0.39 is 0 Å². The number of phenolic OH excluding ortho intramolecular Hbond substituents is 1. The van der Waals surface area contributed by atoms with Crippen molar-refractivity contribution in [1.29, 1.82) is 0 Å². The minimum absolute atomic E-state index is 0.0560. The third-order valence-electron chi connectivity index (χ3n) is 1.79. The van der Waals surface area contributed by atoms with Crippen molar-refractivity contribution in [2.45, 2.75) is 6.92 Å². The molecule has 2 N–H and O–H groups in total. The smallest absolute Gasteiger partial charge is 0.182 e. The molecular weight excluding hydrogens is 192 g/mol. The van der Waals surface area contributed by atoms with Crippen molar-refractivity contribution in [1.82, 2.24) is 0 Å². The zero-order valence-electron chi connectivity index (χ0n) is 8.34. The molecule has 0 aromatic heterocycles. The van der Waals surface area contributed by atoms with Gasteiger partial charge in [0.05, 0.1) is 5.56 Å². The lowest BCUT2D eigenvalue weighted by atomic mass is 10.1. The molecule has 0 unspecified atom stereocenters. The van der Waals surface area contributed by atoms with E-state index in [-0.39, 0.29) is 22.9 Å². The van der Waals surface area contributed by atoms with Crippen LogP contribution in [0.25, 0.3) is 5.76 Å². The number of ketones is 1. The first-order valence-electron chi connectivity index (χ1n) is 4.51. The largest absolute Gasteiger partial charge is 0.507 e. The molecule has 0 amide bonds. The highest BCUT2D eigenvalue weighted by atomic mass is 16.3. The summed E-state index contributed by atoms with van der Waals surface area (Å²) in [5.74, 6) is -0.617. The summed E-state index contributed by atoms with van der Waals surface area (Å²) < 4.78 is 0. The van der Waals surface area contributed by atoms with Gasteiger partial charge in [0.15, 0.2) is 5.78 Å². The van der Waals surface area contributed by atoms with Crippen LogP contribution in [0.5, 0.6) is 5.75 Å². The van der Waals surface area contributed by atoms with E-state index >= 15 is 0 Å². The molecule has 1 rings (SSSR count). The van der Waals surface area contributed by atoms with Crippen LogP contribution in [0.3, 0.4) is 0 Å². The van der Waals surface area contributed by atoms with Gasteiger partial charge >= 0.3 is 0 Å². The molecule has 0 radical (unpaired) electrons. The number of hydrogen-bond donors (Lipinski definition) is 2. The van der Waals surface area contributed by atoms with Gasteiger partial charge in [-0.1, -0.05) is 18.2 Å². The SMILES string of the molecule is CC=CC(=O)/C=C(\O)c1ccccc1O. The molecule has 1 aromatic rings. The normalized spacial score (nSPS) is 11.9. The number of carbonyl (C=O) groups is 1. The van der Waals surface area contributed by atoms with Crippen LogP contribution in [0.1, 0.15) is 12.5 Å². The van der Waals surface area contributed by atoms with E-state index in [1.54, 1.807) is 25.1 Å². The number of aliphatic hydroxyl groups is 1. The number of benzene rings is 1. The van der Waals surface area contributed by atoms with Crippen LogP contribution in [0.2, 0.25) is 0 Å². The number of aliphatic hydroxyl groups excluding tert-OH is 1. The number of carbonyl (C=O) groups excluding carboxylic acids is 1. The lowest BCUT2D eigenvalue weighted by molar-refractivity contribution is -0.110. The van der Waals surface area contributed by atoms with Crippen molar-refractivity contribution >= 4 is 11.5 Å². The molecular formula is C12H12O3. The van der Waals surface area contributed by atoms with Crippen LogP contribution in [0.15, 0.2) is 42.5 Å². The maximum Gasteiger partial charge on any atom is 0.182 e. The fraction of sp³-hybridized carbons (Fsp3) is 0.0833. The third-order valence-corrected chi connectivity index (χ3v) is 1.79. The van der Waals surface area contributed by atoms with Gasteiger partial charge in [0.25, 0.3) is 0 Å². The second kappa shape index (κ2) is 5.00. The molecule has 3 heteroatoms. The summed E-state index contributed by atoms with van der Waals surface area (Å²) in [4.78, 5) is 11.1. The Morgan fingerprint density at radius 1 is 1.33 bits per heavy atom. The molecule has 0 fully saturated rings. The first-order chi connectivity index (χ1) is 7.15. The molecule has 3 nitrogen and oxygen atoms in total. The van der Waals surface area contributed by atoms with E-state index in [4.69, 9.17) is 0 Å². The zero-order valence-corrected chi connectivity index (χ0v) is 8.34. The molecule has 0 atom stereocenters. The van der Waals surface area contributed by atoms with E-state index in [2.05, 4.69) is 0 Å². The topological polar surface area (TPSA) is 57.5 Å². The Hall–Kier alpha value is -2.03. The fourth-order valence-corrected chi connectivity index (χ4v) is 1.12. The first kappa shape index (κ1) is 11.0. The van der Waals surface area contributed by atoms with Crippen LogP contribution >= 0.6 is 0 Å². The number of hydrogen-bond acceptors (Lipinski definition) is 3. The van der Waals surface area contributed by atoms with Crippen molar-refractivity contribution in [3.63, 3.8) is 0 Å². The summed E-state index contributed by atoms with van der Waals surface area (Å²) in [7, 11) is 0. The summed E-state index contributed by atoms with van der Waals surface area (Å²) >= 11 is 0. The van der Waals surface area contributed by atoms with Gasteiger partial charge < -0.3 is 10.2 Å². The quantitative estimate of drug-likeness (QED) is 0.587. The van der Waals surface area contributed by atoms with Gasteiger partial charge in [0.1, 0.15) is 11.5 Å². The molecule has 15 heavy (non-hydrogen) atoms. The Kier molecular flexibility index (Phi) is 3.68. The lowest BCUT2D eigenvalue weighted by Gasteiger charge is -2.01. The van der Waals surface area contributed by atoms with E-state index in [9.17, 15) is 15.0 Å². The van der Waals surface area contributed by atoms with Crippen LogP contribution in [-0.4, -0.2) is 16.0 Å². The van der Waals surface area contributed by atoms with Gasteiger partial charge in [0, 0.05) is 6.08 Å². The lowest BCUT2D eigenvalue weighted by Crippen LogP contribution is -1.90. The fourth-order valence-electron chi connectivity index (χ4n) is 1.12. The number of para-hydroxylation sites is 1. The average molecular weight is 204 g/mol. The van der Waals surface area contributed by atoms with Gasteiger partial charge in [-0.15, -0.1) is 0 Å². The average Bonchev–Trinajstić information content (AvgIpc) is 2.18. The van der Waals surface area contributed by atoms with Gasteiger partial charge in [-0.2, -0.15) is 0 Å². The van der Waals surface area contributed by atoms with Crippen LogP contribution in [0, 0.1) is 0 Å². The van der Waals surface area contributed by atoms with E-state index in [1.807, 2.05) is 0 Å². The summed E-state index contributed by atoms with van der Waals surface area (Å²) in [6.45, 7) is 1.71. The molecule has 0 aliphatic heterocycles. The van der Waals surface area contributed by atoms with Crippen molar-refractivity contribution in [3.05, 3.63) is 48.1 Å². The molecule has 0 saturated carbocycles. The molecule has 0 heterocycles.